The minimum Gasteiger partial charge on any atom is -0.311 e. The standard InChI is InChI=1S/C77H72BN3S/c1-50(2)55-46-69-72-70(47-55)81(67-43-36-58(77(9,10)11)48-63(67)53-27-19-14-20-28-53)68-49-61(79(59-37-32-56(33-38-59)75(3,4)5)66-30-22-21-29-62(66)52-25-17-13-18-26-52)41-42-65(68)78(72)74-73(80(69)60-39-34-57(35-40-60)76(6,7)8)64-45-54(31-44-71(64)82-74)51-23-15-12-16-24-51/h12-50H,1-11H3. The average molecular weight is 1080 g/mol. The van der Waals surface area contributed by atoms with Crippen LogP contribution in [0.25, 0.3) is 43.5 Å². The number of para-hydroxylation sites is 1. The number of rotatable bonds is 9. The summed E-state index contributed by atoms with van der Waals surface area (Å²) in [5.74, 6) is 0.239. The van der Waals surface area contributed by atoms with E-state index in [-0.39, 0.29) is 28.9 Å². The molecule has 0 amide bonds. The van der Waals surface area contributed by atoms with Crippen molar-refractivity contribution in [3.05, 3.63) is 253 Å². The summed E-state index contributed by atoms with van der Waals surface area (Å²) in [7, 11) is 0. The Morgan fingerprint density at radius 1 is 0.415 bits per heavy atom. The predicted molar refractivity (Wildman–Crippen MR) is 357 cm³/mol. The topological polar surface area (TPSA) is 9.72 Å². The second-order valence-electron chi connectivity index (χ2n) is 26.0. The van der Waals surface area contributed by atoms with Crippen LogP contribution in [0.5, 0.6) is 0 Å². The van der Waals surface area contributed by atoms with E-state index in [9.17, 15) is 0 Å². The van der Waals surface area contributed by atoms with Gasteiger partial charge in [-0.1, -0.05) is 228 Å². The molecule has 0 fully saturated rings. The Bertz CT molecular complexity index is 4180. The molecule has 0 spiro atoms. The van der Waals surface area contributed by atoms with Crippen molar-refractivity contribution in [2.75, 3.05) is 14.7 Å². The lowest BCUT2D eigenvalue weighted by Crippen LogP contribution is -2.60. The first kappa shape index (κ1) is 53.0. The average Bonchev–Trinajstić information content (AvgIpc) is 3.22. The number of fused-ring (bicyclic) bond motifs is 6. The van der Waals surface area contributed by atoms with Crippen molar-refractivity contribution in [1.82, 2.24) is 0 Å². The molecule has 11 aromatic rings. The summed E-state index contributed by atoms with van der Waals surface area (Å²) in [6.07, 6.45) is 0. The molecule has 0 saturated carbocycles. The lowest BCUT2D eigenvalue weighted by atomic mass is 9.36. The highest BCUT2D eigenvalue weighted by Crippen LogP contribution is 2.53. The SMILES string of the molecule is CC(C)c1cc2c3c(c1)N(c1ccc(C(C)(C)C)cc1)c1c(sc4ccc(-c5ccccc5)cc14)B3c1ccc(N(c3ccc(C(C)(C)C)cc3)c3ccccc3-c3ccccc3)cc1N2c1ccc(C(C)(C)C)cc1-c1ccccc1. The van der Waals surface area contributed by atoms with E-state index in [0.29, 0.717) is 0 Å². The zero-order valence-electron chi connectivity index (χ0n) is 49.3. The molecule has 0 bridgehead atoms. The molecule has 3 nitrogen and oxygen atoms in total. The molecule has 3 heterocycles. The molecule has 0 radical (unpaired) electrons. The molecule has 0 unspecified atom stereocenters. The number of thiophene rings is 1. The van der Waals surface area contributed by atoms with E-state index in [0.717, 1.165) is 28.4 Å². The number of hydrogen-bond acceptors (Lipinski definition) is 4. The van der Waals surface area contributed by atoms with Crippen LogP contribution in [0.3, 0.4) is 0 Å². The van der Waals surface area contributed by atoms with E-state index in [1.165, 1.54) is 104 Å². The molecule has 2 aliphatic rings. The van der Waals surface area contributed by atoms with E-state index in [1.807, 2.05) is 11.3 Å². The molecule has 0 atom stereocenters. The summed E-state index contributed by atoms with van der Waals surface area (Å²) >= 11 is 1.96. The van der Waals surface area contributed by atoms with Crippen LogP contribution in [0.2, 0.25) is 0 Å². The Hall–Kier alpha value is -8.38. The second kappa shape index (κ2) is 20.3. The van der Waals surface area contributed by atoms with Crippen molar-refractivity contribution in [3.8, 4) is 33.4 Å². The number of benzene rings is 10. The molecule has 13 rings (SSSR count). The smallest absolute Gasteiger partial charge is 0.264 e. The van der Waals surface area contributed by atoms with Gasteiger partial charge in [-0.15, -0.1) is 11.3 Å². The van der Waals surface area contributed by atoms with Gasteiger partial charge in [-0.3, -0.25) is 0 Å². The van der Waals surface area contributed by atoms with Crippen LogP contribution >= 0.6 is 11.3 Å². The molecule has 10 aromatic carbocycles. The Kier molecular flexibility index (Phi) is 13.1. The summed E-state index contributed by atoms with van der Waals surface area (Å²) < 4.78 is 2.64. The molecule has 0 N–H and O–H groups in total. The molecular formula is C77H72BN3S. The first-order valence-corrected chi connectivity index (χ1v) is 30.1. The monoisotopic (exact) mass is 1080 g/mol. The van der Waals surface area contributed by atoms with Crippen molar-refractivity contribution in [2.24, 2.45) is 0 Å². The van der Waals surface area contributed by atoms with Gasteiger partial charge in [0.05, 0.1) is 17.1 Å². The van der Waals surface area contributed by atoms with Crippen LogP contribution in [-0.4, -0.2) is 6.71 Å². The number of anilines is 9. The van der Waals surface area contributed by atoms with Gasteiger partial charge in [-0.05, 0) is 156 Å². The third-order valence-electron chi connectivity index (χ3n) is 17.1. The molecule has 2 aliphatic heterocycles. The maximum atomic E-state index is 2.66. The van der Waals surface area contributed by atoms with Crippen molar-refractivity contribution in [1.29, 1.82) is 0 Å². The third-order valence-corrected chi connectivity index (χ3v) is 18.3. The van der Waals surface area contributed by atoms with Crippen molar-refractivity contribution < 1.29 is 0 Å². The van der Waals surface area contributed by atoms with E-state index < -0.39 is 0 Å². The Morgan fingerprint density at radius 3 is 1.56 bits per heavy atom. The van der Waals surface area contributed by atoms with Crippen LogP contribution in [0.4, 0.5) is 51.2 Å². The van der Waals surface area contributed by atoms with Gasteiger partial charge in [0.25, 0.3) is 6.71 Å². The molecular weight excluding hydrogens is 1010 g/mol. The molecule has 0 aliphatic carbocycles. The summed E-state index contributed by atoms with van der Waals surface area (Å²) in [6, 6.07) is 87.4. The Labute approximate surface area is 491 Å². The largest absolute Gasteiger partial charge is 0.311 e. The summed E-state index contributed by atoms with van der Waals surface area (Å²) in [5, 5.41) is 1.27. The number of hydrogen-bond donors (Lipinski definition) is 0. The Balaban J connectivity index is 1.15. The van der Waals surface area contributed by atoms with Crippen molar-refractivity contribution in [2.45, 2.75) is 98.3 Å². The Morgan fingerprint density at radius 2 is 0.951 bits per heavy atom. The minimum atomic E-state index is -0.0764. The van der Waals surface area contributed by atoms with Gasteiger partial charge in [0.15, 0.2) is 0 Å². The molecule has 5 heteroatoms. The zero-order valence-corrected chi connectivity index (χ0v) is 50.2. The first-order chi connectivity index (χ1) is 39.4. The lowest BCUT2D eigenvalue weighted by molar-refractivity contribution is 0.590. The molecule has 404 valence electrons. The zero-order chi connectivity index (χ0) is 56.8. The van der Waals surface area contributed by atoms with Crippen LogP contribution in [0.15, 0.2) is 231 Å². The minimum absolute atomic E-state index is 0.00226. The van der Waals surface area contributed by atoms with Crippen LogP contribution in [0, 0.1) is 0 Å². The van der Waals surface area contributed by atoms with Gasteiger partial charge in [0.1, 0.15) is 0 Å². The second-order valence-corrected chi connectivity index (χ2v) is 27.1. The van der Waals surface area contributed by atoms with Crippen molar-refractivity contribution in [3.63, 3.8) is 0 Å². The fourth-order valence-electron chi connectivity index (χ4n) is 12.5. The van der Waals surface area contributed by atoms with E-state index in [1.54, 1.807) is 0 Å². The van der Waals surface area contributed by atoms with Crippen LogP contribution < -0.4 is 30.4 Å². The lowest BCUT2D eigenvalue weighted by Gasteiger charge is -2.44. The molecule has 0 saturated heterocycles. The fraction of sp³-hybridized carbons (Fsp3) is 0.195. The fourth-order valence-corrected chi connectivity index (χ4v) is 13.8. The molecule has 1 aromatic heterocycles. The van der Waals surface area contributed by atoms with E-state index in [4.69, 9.17) is 0 Å². The van der Waals surface area contributed by atoms with Crippen molar-refractivity contribution >= 4 is 95.0 Å². The highest BCUT2D eigenvalue weighted by atomic mass is 32.1. The number of nitrogens with zero attached hydrogens (tertiary/aromatic N) is 3. The van der Waals surface area contributed by atoms with Crippen LogP contribution in [0.1, 0.15) is 104 Å². The van der Waals surface area contributed by atoms with Gasteiger partial charge < -0.3 is 14.7 Å². The first-order valence-electron chi connectivity index (χ1n) is 29.3. The molecule has 82 heavy (non-hydrogen) atoms. The summed E-state index contributed by atoms with van der Waals surface area (Å²) in [5.41, 5.74) is 25.5. The van der Waals surface area contributed by atoms with Crippen LogP contribution in [-0.2, 0) is 16.2 Å². The maximum absolute atomic E-state index is 2.66. The highest BCUT2D eigenvalue weighted by Gasteiger charge is 2.46. The maximum Gasteiger partial charge on any atom is 0.264 e. The predicted octanol–water partition coefficient (Wildman–Crippen LogP) is 20.5. The van der Waals surface area contributed by atoms with Gasteiger partial charge in [0.2, 0.25) is 0 Å². The highest BCUT2D eigenvalue weighted by molar-refractivity contribution is 7.33. The van der Waals surface area contributed by atoms with Gasteiger partial charge in [0, 0.05) is 60.1 Å². The van der Waals surface area contributed by atoms with Gasteiger partial charge in [-0.2, -0.15) is 0 Å². The quantitative estimate of drug-likeness (QED) is 0.133. The third kappa shape index (κ3) is 9.34. The van der Waals surface area contributed by atoms with E-state index >= 15 is 0 Å². The summed E-state index contributed by atoms with van der Waals surface area (Å²) in [4.78, 5) is 7.79. The van der Waals surface area contributed by atoms with E-state index in [2.05, 4.69) is 321 Å². The summed E-state index contributed by atoms with van der Waals surface area (Å²) in [6.45, 7) is 25.4. The normalized spacial score (nSPS) is 13.1. The van der Waals surface area contributed by atoms with Gasteiger partial charge >= 0.3 is 0 Å². The van der Waals surface area contributed by atoms with Gasteiger partial charge in [-0.25, -0.2) is 0 Å².